The third-order valence-electron chi connectivity index (χ3n) is 2.50. The summed E-state index contributed by atoms with van der Waals surface area (Å²) >= 11 is 5.16. The van der Waals surface area contributed by atoms with Crippen LogP contribution in [0.5, 0.6) is 0 Å². The Hall–Kier alpha value is -1.43. The van der Waals surface area contributed by atoms with Crippen LogP contribution in [0.3, 0.4) is 0 Å². The van der Waals surface area contributed by atoms with Crippen LogP contribution >= 0.6 is 12.2 Å². The van der Waals surface area contributed by atoms with Gasteiger partial charge >= 0.3 is 0 Å². The van der Waals surface area contributed by atoms with Crippen LogP contribution in [0.1, 0.15) is 19.8 Å². The van der Waals surface area contributed by atoms with Gasteiger partial charge in [0, 0.05) is 19.8 Å². The second-order valence-corrected chi connectivity index (χ2v) is 4.19. The molecule has 2 aromatic heterocycles. The molecule has 0 saturated carbocycles. The molecule has 0 aliphatic heterocycles. The number of unbranched alkanes of at least 4 members (excludes halogenated alkanes) is 1. The number of hydrogen-bond acceptors (Lipinski definition) is 3. The summed E-state index contributed by atoms with van der Waals surface area (Å²) in [6, 6.07) is 0. The predicted molar refractivity (Wildman–Crippen MR) is 65.1 cm³/mol. The van der Waals surface area contributed by atoms with Crippen LogP contribution in [-0.2, 0) is 13.6 Å². The van der Waals surface area contributed by atoms with Gasteiger partial charge in [0.25, 0.3) is 5.56 Å². The van der Waals surface area contributed by atoms with Gasteiger partial charge in [-0.2, -0.15) is 5.10 Å². The number of rotatable bonds is 3. The fourth-order valence-corrected chi connectivity index (χ4v) is 1.94. The van der Waals surface area contributed by atoms with Gasteiger partial charge in [0.05, 0.1) is 5.52 Å². The molecule has 0 spiro atoms. The number of aromatic nitrogens is 4. The Bertz CT molecular complexity index is 622. The van der Waals surface area contributed by atoms with Crippen LogP contribution in [0, 0.1) is 4.77 Å². The normalized spacial score (nSPS) is 11.1. The molecule has 0 unspecified atom stereocenters. The highest BCUT2D eigenvalue weighted by Gasteiger charge is 2.08. The van der Waals surface area contributed by atoms with Crippen LogP contribution in [0.25, 0.3) is 11.0 Å². The number of aryl methyl sites for hydroxylation is 1. The molecule has 0 aromatic carbocycles. The van der Waals surface area contributed by atoms with E-state index in [4.69, 9.17) is 12.2 Å². The van der Waals surface area contributed by atoms with Crippen molar-refractivity contribution in [1.29, 1.82) is 0 Å². The van der Waals surface area contributed by atoms with Gasteiger partial charge in [-0.05, 0) is 18.6 Å². The van der Waals surface area contributed by atoms with Crippen LogP contribution in [0.2, 0.25) is 0 Å². The molecule has 5 nitrogen and oxygen atoms in total. The first-order valence-electron chi connectivity index (χ1n) is 5.30. The third kappa shape index (κ3) is 1.80. The molecule has 0 atom stereocenters. The lowest BCUT2D eigenvalue weighted by Gasteiger charge is -2.03. The Morgan fingerprint density at radius 2 is 2.31 bits per heavy atom. The van der Waals surface area contributed by atoms with E-state index < -0.39 is 0 Å². The smallest absolute Gasteiger partial charge is 0.282 e. The predicted octanol–water partition coefficient (Wildman–Crippen LogP) is 1.59. The molecule has 0 fully saturated rings. The molecule has 2 aromatic rings. The standard InChI is InChI=1S/C10H14N4OS/c1-3-4-5-14-9(15)8-7(11-10(14)16)6-13(2)12-8/h6H,3-5H2,1-2H3,(H,11,16). The van der Waals surface area contributed by atoms with E-state index in [2.05, 4.69) is 17.0 Å². The molecule has 2 heterocycles. The lowest BCUT2D eigenvalue weighted by atomic mass is 10.3. The van der Waals surface area contributed by atoms with E-state index in [-0.39, 0.29) is 5.56 Å². The number of hydrogen-bond donors (Lipinski definition) is 1. The Morgan fingerprint density at radius 1 is 1.56 bits per heavy atom. The second-order valence-electron chi connectivity index (χ2n) is 3.81. The summed E-state index contributed by atoms with van der Waals surface area (Å²) < 4.78 is 3.66. The number of nitrogens with zero attached hydrogens (tertiary/aromatic N) is 3. The molecular formula is C10H14N4OS. The highest BCUT2D eigenvalue weighted by Crippen LogP contribution is 2.04. The minimum atomic E-state index is -0.104. The molecule has 0 bridgehead atoms. The van der Waals surface area contributed by atoms with Crippen LogP contribution in [0.15, 0.2) is 11.0 Å². The first kappa shape index (κ1) is 11.1. The average molecular weight is 238 g/mol. The molecular weight excluding hydrogens is 224 g/mol. The molecule has 1 N–H and O–H groups in total. The van der Waals surface area contributed by atoms with Gasteiger partial charge in [-0.1, -0.05) is 13.3 Å². The van der Waals surface area contributed by atoms with Gasteiger partial charge in [-0.25, -0.2) is 0 Å². The zero-order chi connectivity index (χ0) is 11.7. The summed E-state index contributed by atoms with van der Waals surface area (Å²) in [6.07, 6.45) is 3.73. The Morgan fingerprint density at radius 3 is 3.00 bits per heavy atom. The van der Waals surface area contributed by atoms with E-state index in [1.165, 1.54) is 0 Å². The largest absolute Gasteiger partial charge is 0.329 e. The maximum Gasteiger partial charge on any atom is 0.282 e. The van der Waals surface area contributed by atoms with Gasteiger partial charge in [0.2, 0.25) is 0 Å². The van der Waals surface area contributed by atoms with Gasteiger partial charge < -0.3 is 4.98 Å². The Labute approximate surface area is 97.7 Å². The van der Waals surface area contributed by atoms with Crippen molar-refractivity contribution in [2.45, 2.75) is 26.3 Å². The minimum Gasteiger partial charge on any atom is -0.329 e. The molecule has 86 valence electrons. The van der Waals surface area contributed by atoms with Crippen molar-refractivity contribution in [3.05, 3.63) is 21.3 Å². The number of aromatic amines is 1. The number of H-pyrrole nitrogens is 1. The molecule has 6 heteroatoms. The summed E-state index contributed by atoms with van der Waals surface area (Å²) in [6.45, 7) is 2.73. The maximum absolute atomic E-state index is 12.1. The van der Waals surface area contributed by atoms with Crippen LogP contribution in [-0.4, -0.2) is 19.3 Å². The van der Waals surface area contributed by atoms with Crippen molar-refractivity contribution in [3.63, 3.8) is 0 Å². The highest BCUT2D eigenvalue weighted by atomic mass is 32.1. The molecule has 0 amide bonds. The van der Waals surface area contributed by atoms with Crippen molar-refractivity contribution >= 4 is 23.3 Å². The van der Waals surface area contributed by atoms with E-state index >= 15 is 0 Å². The first-order valence-corrected chi connectivity index (χ1v) is 5.70. The molecule has 0 radical (unpaired) electrons. The topological polar surface area (TPSA) is 55.6 Å². The maximum atomic E-state index is 12.1. The molecule has 2 rings (SSSR count). The van der Waals surface area contributed by atoms with E-state index in [0.29, 0.717) is 22.3 Å². The fraction of sp³-hybridized carbons (Fsp3) is 0.500. The van der Waals surface area contributed by atoms with Gasteiger partial charge in [-0.15, -0.1) is 0 Å². The monoisotopic (exact) mass is 238 g/mol. The van der Waals surface area contributed by atoms with Crippen molar-refractivity contribution in [1.82, 2.24) is 19.3 Å². The summed E-state index contributed by atoms with van der Waals surface area (Å²) in [5, 5.41) is 4.13. The summed E-state index contributed by atoms with van der Waals surface area (Å²) in [5.74, 6) is 0. The zero-order valence-electron chi connectivity index (χ0n) is 9.36. The van der Waals surface area contributed by atoms with Crippen molar-refractivity contribution in [3.8, 4) is 0 Å². The quantitative estimate of drug-likeness (QED) is 0.826. The minimum absolute atomic E-state index is 0.104. The fourth-order valence-electron chi connectivity index (χ4n) is 1.66. The SMILES string of the molecule is CCCCn1c(=S)[nH]c2cn(C)nc2c1=O. The number of nitrogens with one attached hydrogen (secondary N) is 1. The molecule has 0 saturated heterocycles. The van der Waals surface area contributed by atoms with E-state index in [1.54, 1.807) is 22.5 Å². The van der Waals surface area contributed by atoms with Gasteiger partial charge in [0.15, 0.2) is 10.3 Å². The molecule has 0 aliphatic rings. The summed E-state index contributed by atoms with van der Waals surface area (Å²) in [5.41, 5.74) is 1.05. The third-order valence-corrected chi connectivity index (χ3v) is 2.82. The van der Waals surface area contributed by atoms with Crippen molar-refractivity contribution < 1.29 is 0 Å². The molecule has 16 heavy (non-hydrogen) atoms. The van der Waals surface area contributed by atoms with Crippen molar-refractivity contribution in [2.24, 2.45) is 7.05 Å². The van der Waals surface area contributed by atoms with E-state index in [1.807, 2.05) is 0 Å². The lowest BCUT2D eigenvalue weighted by Crippen LogP contribution is -2.22. The lowest BCUT2D eigenvalue weighted by molar-refractivity contribution is 0.600. The Kier molecular flexibility index (Phi) is 2.91. The average Bonchev–Trinajstić information content (AvgIpc) is 2.59. The second kappa shape index (κ2) is 4.21. The summed E-state index contributed by atoms with van der Waals surface area (Å²) in [4.78, 5) is 15.1. The first-order chi connectivity index (χ1) is 7.63. The van der Waals surface area contributed by atoms with Gasteiger partial charge in [0.1, 0.15) is 0 Å². The Balaban J connectivity index is 2.65. The zero-order valence-corrected chi connectivity index (χ0v) is 10.2. The van der Waals surface area contributed by atoms with Crippen LogP contribution < -0.4 is 5.56 Å². The highest BCUT2D eigenvalue weighted by molar-refractivity contribution is 7.71. The van der Waals surface area contributed by atoms with E-state index in [9.17, 15) is 4.79 Å². The molecule has 0 aliphatic carbocycles. The van der Waals surface area contributed by atoms with Gasteiger partial charge in [-0.3, -0.25) is 14.0 Å². The summed E-state index contributed by atoms with van der Waals surface area (Å²) in [7, 11) is 1.78. The number of fused-ring (bicyclic) bond motifs is 1. The van der Waals surface area contributed by atoms with E-state index in [0.717, 1.165) is 12.8 Å². The van der Waals surface area contributed by atoms with Crippen molar-refractivity contribution in [2.75, 3.05) is 0 Å². The van der Waals surface area contributed by atoms with Crippen LogP contribution in [0.4, 0.5) is 0 Å².